The minimum atomic E-state index is -0.763. The van der Waals surface area contributed by atoms with Gasteiger partial charge in [0.05, 0.1) is 19.8 Å². The lowest BCUT2D eigenvalue weighted by atomic mass is 9.91. The number of aryl methyl sites for hydroxylation is 3. The largest absolute Gasteiger partial charge is 0.393 e. The SMILES string of the molecule is Cc1noc(CCC(=O)N2CCO[C@](CO)(Cc3ccccc3C)C2)n1. The highest BCUT2D eigenvalue weighted by molar-refractivity contribution is 5.76. The zero-order chi connectivity index (χ0) is 18.6. The van der Waals surface area contributed by atoms with E-state index >= 15 is 0 Å². The molecule has 140 valence electrons. The molecule has 1 aromatic carbocycles. The summed E-state index contributed by atoms with van der Waals surface area (Å²) in [6.07, 6.45) is 1.29. The van der Waals surface area contributed by atoms with Gasteiger partial charge in [0, 0.05) is 25.8 Å². The molecule has 0 saturated carbocycles. The van der Waals surface area contributed by atoms with Gasteiger partial charge in [-0.05, 0) is 25.0 Å². The molecule has 0 spiro atoms. The van der Waals surface area contributed by atoms with Gasteiger partial charge in [-0.2, -0.15) is 4.98 Å². The summed E-state index contributed by atoms with van der Waals surface area (Å²) in [6.45, 7) is 4.97. The first kappa shape index (κ1) is 18.5. The lowest BCUT2D eigenvalue weighted by Crippen LogP contribution is -2.56. The van der Waals surface area contributed by atoms with Crippen LogP contribution in [0.2, 0.25) is 0 Å². The number of hydrogen-bond donors (Lipinski definition) is 1. The number of amides is 1. The zero-order valence-electron chi connectivity index (χ0n) is 15.3. The molecule has 1 N–H and O–H groups in total. The lowest BCUT2D eigenvalue weighted by molar-refractivity contribution is -0.158. The van der Waals surface area contributed by atoms with E-state index in [1.807, 2.05) is 31.2 Å². The van der Waals surface area contributed by atoms with Crippen LogP contribution < -0.4 is 0 Å². The van der Waals surface area contributed by atoms with E-state index in [-0.39, 0.29) is 12.5 Å². The minimum absolute atomic E-state index is 0.00626. The molecule has 0 radical (unpaired) electrons. The number of rotatable bonds is 6. The molecule has 1 aliphatic rings. The summed E-state index contributed by atoms with van der Waals surface area (Å²) < 4.78 is 11.0. The molecule has 0 bridgehead atoms. The van der Waals surface area contributed by atoms with E-state index in [2.05, 4.69) is 10.1 Å². The van der Waals surface area contributed by atoms with Crippen molar-refractivity contribution in [2.24, 2.45) is 0 Å². The predicted molar refractivity (Wildman–Crippen MR) is 94.6 cm³/mol. The monoisotopic (exact) mass is 359 g/mol. The van der Waals surface area contributed by atoms with Crippen LogP contribution in [0.3, 0.4) is 0 Å². The highest BCUT2D eigenvalue weighted by Gasteiger charge is 2.38. The van der Waals surface area contributed by atoms with E-state index in [4.69, 9.17) is 9.26 Å². The fourth-order valence-corrected chi connectivity index (χ4v) is 3.29. The van der Waals surface area contributed by atoms with Crippen molar-refractivity contribution in [2.75, 3.05) is 26.3 Å². The Morgan fingerprint density at radius 3 is 2.85 bits per heavy atom. The molecule has 3 rings (SSSR count). The van der Waals surface area contributed by atoms with Crippen molar-refractivity contribution in [1.82, 2.24) is 15.0 Å². The van der Waals surface area contributed by atoms with Gasteiger partial charge >= 0.3 is 0 Å². The second-order valence-electron chi connectivity index (χ2n) is 6.84. The number of aromatic nitrogens is 2. The van der Waals surface area contributed by atoms with Crippen molar-refractivity contribution in [2.45, 2.75) is 38.7 Å². The first-order valence-corrected chi connectivity index (χ1v) is 8.88. The minimum Gasteiger partial charge on any atom is -0.393 e. The summed E-state index contributed by atoms with van der Waals surface area (Å²) in [6, 6.07) is 8.04. The first-order chi connectivity index (χ1) is 12.5. The molecule has 1 amide bonds. The molecule has 2 aromatic rings. The molecule has 0 unspecified atom stereocenters. The molecule has 26 heavy (non-hydrogen) atoms. The highest BCUT2D eigenvalue weighted by Crippen LogP contribution is 2.25. The fourth-order valence-electron chi connectivity index (χ4n) is 3.29. The van der Waals surface area contributed by atoms with E-state index < -0.39 is 5.60 Å². The van der Waals surface area contributed by atoms with Crippen LogP contribution >= 0.6 is 0 Å². The Balaban J connectivity index is 1.64. The average Bonchev–Trinajstić information content (AvgIpc) is 3.07. The Kier molecular flexibility index (Phi) is 5.68. The summed E-state index contributed by atoms with van der Waals surface area (Å²) >= 11 is 0. The second kappa shape index (κ2) is 7.97. The molecular formula is C19H25N3O4. The summed E-state index contributed by atoms with van der Waals surface area (Å²) in [7, 11) is 0. The van der Waals surface area contributed by atoms with Crippen molar-refractivity contribution in [3.8, 4) is 0 Å². The van der Waals surface area contributed by atoms with Gasteiger partial charge in [-0.15, -0.1) is 0 Å². The van der Waals surface area contributed by atoms with Gasteiger partial charge in [-0.3, -0.25) is 4.79 Å². The summed E-state index contributed by atoms with van der Waals surface area (Å²) in [5.41, 5.74) is 1.51. The second-order valence-corrected chi connectivity index (χ2v) is 6.84. The highest BCUT2D eigenvalue weighted by atomic mass is 16.5. The Bertz CT molecular complexity index is 761. The maximum absolute atomic E-state index is 12.6. The molecule has 7 heteroatoms. The smallest absolute Gasteiger partial charge is 0.227 e. The van der Waals surface area contributed by atoms with Gasteiger partial charge in [0.15, 0.2) is 5.82 Å². The average molecular weight is 359 g/mol. The molecule has 1 fully saturated rings. The quantitative estimate of drug-likeness (QED) is 0.840. The van der Waals surface area contributed by atoms with E-state index in [9.17, 15) is 9.90 Å². The molecular weight excluding hydrogens is 334 g/mol. The first-order valence-electron chi connectivity index (χ1n) is 8.88. The Morgan fingerprint density at radius 1 is 1.35 bits per heavy atom. The maximum Gasteiger partial charge on any atom is 0.227 e. The van der Waals surface area contributed by atoms with Crippen LogP contribution in [-0.4, -0.2) is 58.0 Å². The van der Waals surface area contributed by atoms with Gasteiger partial charge in [0.1, 0.15) is 5.60 Å². The predicted octanol–water partition coefficient (Wildman–Crippen LogP) is 1.45. The number of carbonyl (C=O) groups is 1. The van der Waals surface area contributed by atoms with Crippen molar-refractivity contribution in [1.29, 1.82) is 0 Å². The molecule has 1 saturated heterocycles. The fraction of sp³-hybridized carbons (Fsp3) is 0.526. The van der Waals surface area contributed by atoms with Crippen LogP contribution in [0.15, 0.2) is 28.8 Å². The maximum atomic E-state index is 12.6. The Morgan fingerprint density at radius 2 is 2.15 bits per heavy atom. The van der Waals surface area contributed by atoms with E-state index in [1.165, 1.54) is 0 Å². The van der Waals surface area contributed by atoms with Gasteiger partial charge in [-0.1, -0.05) is 29.4 Å². The molecule has 1 aromatic heterocycles. The van der Waals surface area contributed by atoms with Crippen molar-refractivity contribution in [3.05, 3.63) is 47.1 Å². The standard InChI is InChI=1S/C19H25N3O4/c1-14-5-3-4-6-16(14)11-19(13-23)12-22(9-10-25-19)18(24)8-7-17-20-15(2)21-26-17/h3-6,23H,7-13H2,1-2H3/t19-/m1/s1. The van der Waals surface area contributed by atoms with Gasteiger partial charge in [0.2, 0.25) is 11.8 Å². The molecule has 2 heterocycles. The third kappa shape index (κ3) is 4.28. The van der Waals surface area contributed by atoms with Crippen LogP contribution in [0.25, 0.3) is 0 Å². The molecule has 1 atom stereocenters. The number of morpholine rings is 1. The van der Waals surface area contributed by atoms with Crippen molar-refractivity contribution < 1.29 is 19.2 Å². The van der Waals surface area contributed by atoms with Crippen molar-refractivity contribution >= 4 is 5.91 Å². The lowest BCUT2D eigenvalue weighted by Gasteiger charge is -2.42. The third-order valence-electron chi connectivity index (χ3n) is 4.79. The zero-order valence-corrected chi connectivity index (χ0v) is 15.3. The Labute approximate surface area is 153 Å². The number of ether oxygens (including phenoxy) is 1. The number of benzene rings is 1. The summed E-state index contributed by atoms with van der Waals surface area (Å²) in [5, 5.41) is 13.7. The number of hydrogen-bond acceptors (Lipinski definition) is 6. The van der Waals surface area contributed by atoms with Crippen LogP contribution in [0.5, 0.6) is 0 Å². The number of aliphatic hydroxyl groups is 1. The molecule has 7 nitrogen and oxygen atoms in total. The van der Waals surface area contributed by atoms with E-state index in [0.29, 0.717) is 50.7 Å². The van der Waals surface area contributed by atoms with Crippen molar-refractivity contribution in [3.63, 3.8) is 0 Å². The Hall–Kier alpha value is -2.25. The van der Waals surface area contributed by atoms with Crippen LogP contribution in [0.4, 0.5) is 0 Å². The normalized spacial score (nSPS) is 20.3. The molecule has 0 aliphatic carbocycles. The number of aliphatic hydroxyl groups excluding tert-OH is 1. The number of carbonyl (C=O) groups excluding carboxylic acids is 1. The van der Waals surface area contributed by atoms with Gasteiger partial charge in [-0.25, -0.2) is 0 Å². The summed E-state index contributed by atoms with van der Waals surface area (Å²) in [4.78, 5) is 18.5. The third-order valence-corrected chi connectivity index (χ3v) is 4.79. The van der Waals surface area contributed by atoms with E-state index in [0.717, 1.165) is 11.1 Å². The van der Waals surface area contributed by atoms with Gasteiger partial charge < -0.3 is 19.3 Å². The molecule has 1 aliphatic heterocycles. The summed E-state index contributed by atoms with van der Waals surface area (Å²) in [5.74, 6) is 1.04. The van der Waals surface area contributed by atoms with Crippen LogP contribution in [-0.2, 0) is 22.4 Å². The van der Waals surface area contributed by atoms with Crippen LogP contribution in [0, 0.1) is 13.8 Å². The topological polar surface area (TPSA) is 88.7 Å². The van der Waals surface area contributed by atoms with Crippen LogP contribution in [0.1, 0.15) is 29.3 Å². The van der Waals surface area contributed by atoms with Gasteiger partial charge in [0.25, 0.3) is 0 Å². The number of nitrogens with zero attached hydrogens (tertiary/aromatic N) is 3. The van der Waals surface area contributed by atoms with E-state index in [1.54, 1.807) is 11.8 Å².